The average molecular weight is 414 g/mol. The van der Waals surface area contributed by atoms with Gasteiger partial charge in [-0.25, -0.2) is 22.8 Å². The summed E-state index contributed by atoms with van der Waals surface area (Å²) in [6.45, 7) is 6.83. The van der Waals surface area contributed by atoms with Crippen molar-refractivity contribution >= 4 is 27.3 Å². The lowest BCUT2D eigenvalue weighted by molar-refractivity contribution is 0.0985. The Bertz CT molecular complexity index is 935. The van der Waals surface area contributed by atoms with Crippen molar-refractivity contribution in [2.75, 3.05) is 24.7 Å². The van der Waals surface area contributed by atoms with E-state index in [4.69, 9.17) is 16.3 Å². The van der Waals surface area contributed by atoms with E-state index in [1.807, 2.05) is 11.8 Å². The van der Waals surface area contributed by atoms with E-state index in [0.29, 0.717) is 25.6 Å². The average Bonchev–Trinajstić information content (AvgIpc) is 2.61. The van der Waals surface area contributed by atoms with Crippen molar-refractivity contribution < 1.29 is 17.5 Å². The first-order valence-electron chi connectivity index (χ1n) is 8.52. The quantitative estimate of drug-likeness (QED) is 0.566. The molecule has 0 radical (unpaired) electrons. The van der Waals surface area contributed by atoms with Gasteiger partial charge in [0.2, 0.25) is 5.28 Å². The molecule has 1 aliphatic rings. The predicted molar refractivity (Wildman–Crippen MR) is 101 cm³/mol. The van der Waals surface area contributed by atoms with Crippen molar-refractivity contribution in [1.29, 1.82) is 0 Å². The van der Waals surface area contributed by atoms with Crippen LogP contribution in [0.15, 0.2) is 35.2 Å². The van der Waals surface area contributed by atoms with E-state index in [0.717, 1.165) is 12.1 Å². The van der Waals surface area contributed by atoms with Crippen LogP contribution in [0.4, 0.5) is 10.2 Å². The third kappa shape index (κ3) is 3.79. The van der Waals surface area contributed by atoms with Crippen LogP contribution in [0, 0.1) is 5.82 Å². The minimum atomic E-state index is -3.84. The van der Waals surface area contributed by atoms with Gasteiger partial charge in [-0.05, 0) is 56.6 Å². The molecule has 0 amide bonds. The van der Waals surface area contributed by atoms with E-state index in [9.17, 15) is 12.8 Å². The maximum atomic E-state index is 13.2. The molecule has 1 aliphatic heterocycles. The van der Waals surface area contributed by atoms with Gasteiger partial charge in [-0.1, -0.05) is 0 Å². The summed E-state index contributed by atoms with van der Waals surface area (Å²) in [5.41, 5.74) is 0.278. The van der Waals surface area contributed by atoms with Gasteiger partial charge in [-0.3, -0.25) is 0 Å². The summed E-state index contributed by atoms with van der Waals surface area (Å²) in [7, 11) is -3.84. The third-order valence-electron chi connectivity index (χ3n) is 4.76. The van der Waals surface area contributed by atoms with Crippen LogP contribution in [-0.4, -0.2) is 44.2 Å². The molecule has 3 rings (SSSR count). The lowest BCUT2D eigenvalue weighted by Gasteiger charge is -2.35. The molecule has 9 heteroatoms. The molecule has 1 aromatic carbocycles. The number of aromatic nitrogens is 2. The molecule has 1 aromatic heterocycles. The number of nitrogens with zero attached hydrogens (tertiary/aromatic N) is 3. The summed E-state index contributed by atoms with van der Waals surface area (Å²) in [5, 5.41) is -0.0245. The smallest absolute Gasteiger partial charge is 0.224 e. The first kappa shape index (κ1) is 20.0. The summed E-state index contributed by atoms with van der Waals surface area (Å²) in [5.74, 6) is 0.0589. The Morgan fingerprint density at radius 2 is 1.93 bits per heavy atom. The Labute approximate surface area is 163 Å². The standard InChI is InChI=1S/C18H21ClFN3O3S/c1-12-11-26-9-8-23(12)16-10-15(21-17(19)22-16)18(2,3)27(24,25)14-6-4-13(20)5-7-14/h4-7,10,12H,8-9,11H2,1-3H3/t12-/m0/s1. The molecule has 27 heavy (non-hydrogen) atoms. The van der Waals surface area contributed by atoms with Crippen LogP contribution in [0.5, 0.6) is 0 Å². The number of hydrogen-bond acceptors (Lipinski definition) is 6. The van der Waals surface area contributed by atoms with Crippen LogP contribution in [0.1, 0.15) is 26.5 Å². The van der Waals surface area contributed by atoms with E-state index < -0.39 is 20.4 Å². The molecule has 0 spiro atoms. The Morgan fingerprint density at radius 1 is 1.26 bits per heavy atom. The predicted octanol–water partition coefficient (Wildman–Crippen LogP) is 3.20. The Hall–Kier alpha value is -1.77. The molecule has 1 saturated heterocycles. The third-order valence-corrected chi connectivity index (χ3v) is 7.37. The zero-order valence-corrected chi connectivity index (χ0v) is 16.9. The molecule has 2 aromatic rings. The van der Waals surface area contributed by atoms with Crippen LogP contribution in [-0.2, 0) is 19.3 Å². The number of hydrogen-bond donors (Lipinski definition) is 0. The highest BCUT2D eigenvalue weighted by Gasteiger charge is 2.40. The van der Waals surface area contributed by atoms with E-state index in [1.54, 1.807) is 19.9 Å². The normalized spacial score (nSPS) is 18.6. The lowest BCUT2D eigenvalue weighted by atomic mass is 10.1. The second-order valence-electron chi connectivity index (χ2n) is 6.97. The summed E-state index contributed by atoms with van der Waals surface area (Å²) < 4.78 is 43.6. The topological polar surface area (TPSA) is 72.4 Å². The van der Waals surface area contributed by atoms with Crippen molar-refractivity contribution in [3.05, 3.63) is 47.1 Å². The molecular weight excluding hydrogens is 393 g/mol. The van der Waals surface area contributed by atoms with Gasteiger partial charge in [0.15, 0.2) is 9.84 Å². The van der Waals surface area contributed by atoms with Gasteiger partial charge < -0.3 is 9.64 Å². The molecule has 2 heterocycles. The van der Waals surface area contributed by atoms with Gasteiger partial charge in [-0.2, -0.15) is 0 Å². The first-order chi connectivity index (χ1) is 12.6. The molecule has 0 bridgehead atoms. The SMILES string of the molecule is C[C@H]1COCCN1c1cc(C(C)(C)S(=O)(=O)c2ccc(F)cc2)nc(Cl)n1. The van der Waals surface area contributed by atoms with Crippen molar-refractivity contribution in [2.45, 2.75) is 36.5 Å². The van der Waals surface area contributed by atoms with Crippen molar-refractivity contribution in [3.8, 4) is 0 Å². The number of anilines is 1. The van der Waals surface area contributed by atoms with Gasteiger partial charge in [0.25, 0.3) is 0 Å². The molecule has 146 valence electrons. The number of benzene rings is 1. The summed E-state index contributed by atoms with van der Waals surface area (Å²) in [6, 6.07) is 6.47. The molecule has 0 N–H and O–H groups in total. The number of halogens is 2. The fourth-order valence-electron chi connectivity index (χ4n) is 2.97. The number of ether oxygens (including phenoxy) is 1. The van der Waals surface area contributed by atoms with Crippen LogP contribution in [0.3, 0.4) is 0 Å². The number of morpholine rings is 1. The number of rotatable bonds is 4. The van der Waals surface area contributed by atoms with E-state index in [1.165, 1.54) is 12.1 Å². The van der Waals surface area contributed by atoms with Gasteiger partial charge >= 0.3 is 0 Å². The van der Waals surface area contributed by atoms with Crippen LogP contribution in [0.25, 0.3) is 0 Å². The van der Waals surface area contributed by atoms with E-state index in [2.05, 4.69) is 9.97 Å². The fraction of sp³-hybridized carbons (Fsp3) is 0.444. The zero-order valence-electron chi connectivity index (χ0n) is 15.3. The summed E-state index contributed by atoms with van der Waals surface area (Å²) >= 11 is 6.12. The van der Waals surface area contributed by atoms with Crippen molar-refractivity contribution in [3.63, 3.8) is 0 Å². The van der Waals surface area contributed by atoms with Gasteiger partial charge in [0.1, 0.15) is 16.4 Å². The van der Waals surface area contributed by atoms with Crippen LogP contribution >= 0.6 is 11.6 Å². The van der Waals surface area contributed by atoms with E-state index >= 15 is 0 Å². The highest BCUT2D eigenvalue weighted by molar-refractivity contribution is 7.92. The fourth-order valence-corrected chi connectivity index (χ4v) is 4.62. The Morgan fingerprint density at radius 3 is 2.56 bits per heavy atom. The van der Waals surface area contributed by atoms with Crippen LogP contribution in [0.2, 0.25) is 5.28 Å². The second kappa shape index (κ2) is 7.33. The zero-order chi connectivity index (χ0) is 19.8. The highest BCUT2D eigenvalue weighted by atomic mass is 35.5. The second-order valence-corrected chi connectivity index (χ2v) is 9.80. The Balaban J connectivity index is 2.04. The maximum Gasteiger partial charge on any atom is 0.224 e. The van der Waals surface area contributed by atoms with Crippen molar-refractivity contribution in [1.82, 2.24) is 9.97 Å². The molecule has 1 atom stereocenters. The molecular formula is C18H21ClFN3O3S. The monoisotopic (exact) mass is 413 g/mol. The summed E-state index contributed by atoms with van der Waals surface area (Å²) in [4.78, 5) is 10.5. The van der Waals surface area contributed by atoms with Crippen molar-refractivity contribution in [2.24, 2.45) is 0 Å². The largest absolute Gasteiger partial charge is 0.377 e. The number of sulfone groups is 1. The van der Waals surface area contributed by atoms with Gasteiger partial charge in [0, 0.05) is 12.6 Å². The summed E-state index contributed by atoms with van der Waals surface area (Å²) in [6.07, 6.45) is 0. The maximum absolute atomic E-state index is 13.2. The van der Waals surface area contributed by atoms with E-state index in [-0.39, 0.29) is 21.9 Å². The molecule has 1 fully saturated rings. The Kier molecular flexibility index (Phi) is 5.42. The molecule has 0 aliphatic carbocycles. The molecule has 0 saturated carbocycles. The van der Waals surface area contributed by atoms with Gasteiger partial charge in [-0.15, -0.1) is 0 Å². The minimum absolute atomic E-state index is 0.0184. The minimum Gasteiger partial charge on any atom is -0.377 e. The first-order valence-corrected chi connectivity index (χ1v) is 10.4. The van der Waals surface area contributed by atoms with Crippen LogP contribution < -0.4 is 4.90 Å². The molecule has 0 unspecified atom stereocenters. The highest BCUT2D eigenvalue weighted by Crippen LogP contribution is 2.36. The van der Waals surface area contributed by atoms with Gasteiger partial charge in [0.05, 0.1) is 29.8 Å². The molecule has 6 nitrogen and oxygen atoms in total. The lowest BCUT2D eigenvalue weighted by Crippen LogP contribution is -2.44.